The lowest BCUT2D eigenvalue weighted by Gasteiger charge is -2.17. The number of hydrogen-bond acceptors (Lipinski definition) is 4. The van der Waals surface area contributed by atoms with E-state index in [9.17, 15) is 0 Å². The highest BCUT2D eigenvalue weighted by molar-refractivity contribution is 5.05. The van der Waals surface area contributed by atoms with Crippen LogP contribution in [0.3, 0.4) is 0 Å². The van der Waals surface area contributed by atoms with Gasteiger partial charge in [-0.15, -0.1) is 0 Å². The van der Waals surface area contributed by atoms with Crippen molar-refractivity contribution >= 4 is 0 Å². The third kappa shape index (κ3) is 4.76. The van der Waals surface area contributed by atoms with E-state index in [-0.39, 0.29) is 6.04 Å². The van der Waals surface area contributed by atoms with Gasteiger partial charge in [-0.05, 0) is 12.3 Å². The molecule has 0 bridgehead atoms. The van der Waals surface area contributed by atoms with Gasteiger partial charge in [0, 0.05) is 32.5 Å². The summed E-state index contributed by atoms with van der Waals surface area (Å²) in [6.07, 6.45) is 4.65. The first-order valence-corrected chi connectivity index (χ1v) is 6.49. The number of ether oxygens (including phenoxy) is 2. The van der Waals surface area contributed by atoms with E-state index >= 15 is 0 Å². The van der Waals surface area contributed by atoms with Crippen LogP contribution in [0.5, 0.6) is 0 Å². The highest BCUT2D eigenvalue weighted by Crippen LogP contribution is 2.18. The van der Waals surface area contributed by atoms with Crippen molar-refractivity contribution in [2.24, 2.45) is 11.7 Å². The minimum absolute atomic E-state index is 0.0434. The summed E-state index contributed by atoms with van der Waals surface area (Å²) < 4.78 is 12.5. The van der Waals surface area contributed by atoms with Crippen LogP contribution < -0.4 is 5.73 Å². The van der Waals surface area contributed by atoms with Gasteiger partial charge in [0.05, 0.1) is 25.2 Å². The molecule has 0 saturated heterocycles. The summed E-state index contributed by atoms with van der Waals surface area (Å²) >= 11 is 0. The Hall–Kier alpha value is -0.910. The first kappa shape index (κ1) is 15.1. The maximum absolute atomic E-state index is 6.14. The molecule has 1 aromatic rings. The van der Waals surface area contributed by atoms with Gasteiger partial charge in [0.25, 0.3) is 0 Å². The zero-order valence-corrected chi connectivity index (χ0v) is 11.6. The topological polar surface area (TPSA) is 62.3 Å². The maximum atomic E-state index is 6.14. The molecule has 104 valence electrons. The zero-order valence-electron chi connectivity index (χ0n) is 11.6. The normalized spacial score (nSPS) is 13.2. The molecule has 0 amide bonds. The van der Waals surface area contributed by atoms with Gasteiger partial charge in [-0.2, -0.15) is 0 Å². The van der Waals surface area contributed by atoms with E-state index in [2.05, 4.69) is 23.4 Å². The van der Waals surface area contributed by atoms with Gasteiger partial charge < -0.3 is 19.8 Å². The highest BCUT2D eigenvalue weighted by atomic mass is 16.5. The van der Waals surface area contributed by atoms with Crippen LogP contribution in [0.25, 0.3) is 0 Å². The number of nitrogens with zero attached hydrogens (tertiary/aromatic N) is 2. The Morgan fingerprint density at radius 2 is 2.11 bits per heavy atom. The predicted molar refractivity (Wildman–Crippen MR) is 71.3 cm³/mol. The van der Waals surface area contributed by atoms with Crippen LogP contribution in [0, 0.1) is 5.92 Å². The fraction of sp³-hybridized carbons (Fsp3) is 0.769. The first-order valence-electron chi connectivity index (χ1n) is 6.49. The molecule has 0 aliphatic carbocycles. The lowest BCUT2D eigenvalue weighted by Crippen LogP contribution is -2.20. The molecular formula is C13H25N3O2. The Morgan fingerprint density at radius 3 is 2.78 bits per heavy atom. The summed E-state index contributed by atoms with van der Waals surface area (Å²) in [5.41, 5.74) is 7.24. The molecule has 1 aromatic heterocycles. The van der Waals surface area contributed by atoms with E-state index < -0.39 is 0 Å². The molecule has 1 rings (SSSR count). The maximum Gasteiger partial charge on any atom is 0.0948 e. The van der Waals surface area contributed by atoms with E-state index in [0.29, 0.717) is 19.1 Å². The molecular weight excluding hydrogens is 230 g/mol. The molecule has 0 aliphatic rings. The number of imidazole rings is 1. The Balaban J connectivity index is 2.32. The smallest absolute Gasteiger partial charge is 0.0948 e. The fourth-order valence-corrected chi connectivity index (χ4v) is 1.72. The van der Waals surface area contributed by atoms with E-state index in [4.69, 9.17) is 15.2 Å². The summed E-state index contributed by atoms with van der Waals surface area (Å²) in [4.78, 5) is 4.18. The number of nitrogens with two attached hydrogens (primary N) is 1. The summed E-state index contributed by atoms with van der Waals surface area (Å²) in [6.45, 7) is 7.17. The van der Waals surface area contributed by atoms with E-state index in [1.807, 2.05) is 12.5 Å². The second kappa shape index (κ2) is 8.24. The van der Waals surface area contributed by atoms with Crippen molar-refractivity contribution in [3.63, 3.8) is 0 Å². The minimum atomic E-state index is 0.0434. The van der Waals surface area contributed by atoms with Crippen LogP contribution in [0.2, 0.25) is 0 Å². The van der Waals surface area contributed by atoms with E-state index in [1.54, 1.807) is 7.11 Å². The zero-order chi connectivity index (χ0) is 13.4. The molecule has 0 aliphatic heterocycles. The van der Waals surface area contributed by atoms with Gasteiger partial charge in [0.1, 0.15) is 0 Å². The molecule has 5 nitrogen and oxygen atoms in total. The molecule has 1 unspecified atom stereocenters. The molecule has 1 heterocycles. The van der Waals surface area contributed by atoms with Crippen molar-refractivity contribution in [1.29, 1.82) is 0 Å². The van der Waals surface area contributed by atoms with Gasteiger partial charge in [0.15, 0.2) is 0 Å². The van der Waals surface area contributed by atoms with Gasteiger partial charge in [-0.3, -0.25) is 0 Å². The van der Waals surface area contributed by atoms with Crippen molar-refractivity contribution in [1.82, 2.24) is 9.55 Å². The van der Waals surface area contributed by atoms with Crippen molar-refractivity contribution in [2.45, 2.75) is 32.9 Å². The molecule has 0 aromatic carbocycles. The Bertz CT molecular complexity index is 326. The van der Waals surface area contributed by atoms with Crippen molar-refractivity contribution in [2.75, 3.05) is 26.9 Å². The molecule has 1 atom stereocenters. The summed E-state index contributed by atoms with van der Waals surface area (Å²) in [5.74, 6) is 0.415. The second-order valence-corrected chi connectivity index (χ2v) is 4.74. The van der Waals surface area contributed by atoms with Gasteiger partial charge in [-0.1, -0.05) is 13.8 Å². The fourth-order valence-electron chi connectivity index (χ4n) is 1.72. The number of methoxy groups -OCH3 is 1. The number of aryl methyl sites for hydroxylation is 1. The van der Waals surface area contributed by atoms with Gasteiger partial charge in [0.2, 0.25) is 0 Å². The highest BCUT2D eigenvalue weighted by Gasteiger charge is 2.14. The van der Waals surface area contributed by atoms with Crippen LogP contribution in [-0.4, -0.2) is 36.5 Å². The molecule has 0 saturated carbocycles. The molecule has 2 N–H and O–H groups in total. The Kier molecular flexibility index (Phi) is 6.93. The molecule has 0 fully saturated rings. The minimum Gasteiger partial charge on any atom is -0.382 e. The van der Waals surface area contributed by atoms with Crippen LogP contribution in [0.15, 0.2) is 12.5 Å². The van der Waals surface area contributed by atoms with Crippen LogP contribution in [-0.2, 0) is 16.0 Å². The van der Waals surface area contributed by atoms with Crippen LogP contribution in [0.4, 0.5) is 0 Å². The second-order valence-electron chi connectivity index (χ2n) is 4.74. The van der Waals surface area contributed by atoms with Gasteiger partial charge >= 0.3 is 0 Å². The predicted octanol–water partition coefficient (Wildman–Crippen LogP) is 1.59. The van der Waals surface area contributed by atoms with Crippen molar-refractivity contribution in [3.8, 4) is 0 Å². The van der Waals surface area contributed by atoms with Crippen LogP contribution >= 0.6 is 0 Å². The van der Waals surface area contributed by atoms with Crippen molar-refractivity contribution in [3.05, 3.63) is 18.2 Å². The quantitative estimate of drug-likeness (QED) is 0.681. The average molecular weight is 255 g/mol. The standard InChI is InChI=1S/C13H25N3O2/c1-11(2)13(14)12-9-15-10-16(12)5-4-6-18-8-7-17-3/h9-11,13H,4-8,14H2,1-3H3. The van der Waals surface area contributed by atoms with E-state index in [1.165, 1.54) is 0 Å². The van der Waals surface area contributed by atoms with E-state index in [0.717, 1.165) is 25.3 Å². The molecule has 18 heavy (non-hydrogen) atoms. The lowest BCUT2D eigenvalue weighted by molar-refractivity contribution is 0.0679. The third-order valence-corrected chi connectivity index (χ3v) is 2.92. The Labute approximate surface area is 109 Å². The summed E-state index contributed by atoms with van der Waals surface area (Å²) in [7, 11) is 1.68. The average Bonchev–Trinajstić information content (AvgIpc) is 2.80. The Morgan fingerprint density at radius 1 is 1.33 bits per heavy atom. The molecule has 5 heteroatoms. The number of hydrogen-bond donors (Lipinski definition) is 1. The monoisotopic (exact) mass is 255 g/mol. The summed E-state index contributed by atoms with van der Waals surface area (Å²) in [6, 6.07) is 0.0434. The first-order chi connectivity index (χ1) is 8.66. The molecule has 0 radical (unpaired) electrons. The number of rotatable bonds is 9. The summed E-state index contributed by atoms with van der Waals surface area (Å²) in [5, 5.41) is 0. The molecule has 0 spiro atoms. The lowest BCUT2D eigenvalue weighted by atomic mass is 10.0. The van der Waals surface area contributed by atoms with Gasteiger partial charge in [-0.25, -0.2) is 4.98 Å². The third-order valence-electron chi connectivity index (χ3n) is 2.92. The van der Waals surface area contributed by atoms with Crippen molar-refractivity contribution < 1.29 is 9.47 Å². The largest absolute Gasteiger partial charge is 0.382 e. The number of aromatic nitrogens is 2. The van der Waals surface area contributed by atoms with Crippen LogP contribution in [0.1, 0.15) is 32.0 Å². The SMILES string of the molecule is COCCOCCCn1cncc1C(N)C(C)C.